The monoisotopic (exact) mass is 416 g/mol. The number of fused-ring (bicyclic) bond motifs is 3. The number of benzene rings is 4. The van der Waals surface area contributed by atoms with Crippen LogP contribution in [0.15, 0.2) is 115 Å². The molecule has 0 bridgehead atoms. The predicted molar refractivity (Wildman–Crippen MR) is 134 cm³/mol. The number of aromatic amines is 1. The topological polar surface area (TPSA) is 19.0 Å². The molecule has 31 heavy (non-hydrogen) atoms. The third-order valence-electron chi connectivity index (χ3n) is 5.70. The Morgan fingerprint density at radius 3 is 1.94 bits per heavy atom. The summed E-state index contributed by atoms with van der Waals surface area (Å²) in [6.45, 7) is 0. The highest BCUT2D eigenvalue weighted by atomic mass is 32.1. The van der Waals surface area contributed by atoms with Crippen molar-refractivity contribution in [3.05, 3.63) is 115 Å². The fourth-order valence-corrected chi connectivity index (χ4v) is 5.13. The molecule has 3 heteroatoms. The number of hydrogen-bond donors (Lipinski definition) is 1. The zero-order valence-corrected chi connectivity index (χ0v) is 17.6. The Labute approximate surface area is 185 Å². The van der Waals surface area contributed by atoms with E-state index in [2.05, 4.69) is 124 Å². The predicted octanol–water partition coefficient (Wildman–Crippen LogP) is 8.52. The second-order valence-corrected chi connectivity index (χ2v) is 8.48. The van der Waals surface area contributed by atoms with Crippen LogP contribution in [-0.2, 0) is 0 Å². The zero-order chi connectivity index (χ0) is 20.6. The van der Waals surface area contributed by atoms with Crippen LogP contribution < -0.4 is 4.90 Å². The molecule has 0 aliphatic carbocycles. The Morgan fingerprint density at radius 2 is 1.26 bits per heavy atom. The molecule has 0 amide bonds. The molecule has 0 atom stereocenters. The summed E-state index contributed by atoms with van der Waals surface area (Å²) >= 11 is 1.78. The average Bonchev–Trinajstić information content (AvgIpc) is 3.49. The van der Waals surface area contributed by atoms with Gasteiger partial charge in [0, 0.05) is 38.1 Å². The Hall–Kier alpha value is -3.82. The number of rotatable bonds is 4. The van der Waals surface area contributed by atoms with Gasteiger partial charge in [-0.05, 0) is 47.8 Å². The third kappa shape index (κ3) is 3.02. The van der Waals surface area contributed by atoms with E-state index < -0.39 is 0 Å². The van der Waals surface area contributed by atoms with Gasteiger partial charge in [0.25, 0.3) is 0 Å². The van der Waals surface area contributed by atoms with Gasteiger partial charge in [-0.25, -0.2) is 0 Å². The summed E-state index contributed by atoms with van der Waals surface area (Å²) in [5, 5.41) is 4.66. The lowest BCUT2D eigenvalue weighted by Crippen LogP contribution is -2.11. The van der Waals surface area contributed by atoms with Crippen molar-refractivity contribution in [1.29, 1.82) is 0 Å². The lowest BCUT2D eigenvalue weighted by atomic mass is 10.0. The van der Waals surface area contributed by atoms with E-state index in [9.17, 15) is 0 Å². The number of nitrogens with one attached hydrogen (secondary N) is 1. The summed E-state index contributed by atoms with van der Waals surface area (Å²) in [4.78, 5) is 7.31. The summed E-state index contributed by atoms with van der Waals surface area (Å²) < 4.78 is 0. The van der Waals surface area contributed by atoms with Crippen molar-refractivity contribution in [3.63, 3.8) is 0 Å². The molecule has 0 saturated carbocycles. The van der Waals surface area contributed by atoms with Gasteiger partial charge in [-0.3, -0.25) is 0 Å². The van der Waals surface area contributed by atoms with Crippen molar-refractivity contribution in [3.8, 4) is 10.4 Å². The maximum absolute atomic E-state index is 3.71. The minimum absolute atomic E-state index is 1.14. The fourth-order valence-electron chi connectivity index (χ4n) is 4.35. The second-order valence-electron chi connectivity index (χ2n) is 7.54. The molecule has 0 aliphatic heterocycles. The minimum atomic E-state index is 1.14. The molecule has 2 aromatic heterocycles. The number of thiophene rings is 1. The van der Waals surface area contributed by atoms with Crippen LogP contribution in [0.2, 0.25) is 0 Å². The van der Waals surface area contributed by atoms with E-state index in [1.165, 1.54) is 37.9 Å². The van der Waals surface area contributed by atoms with Crippen molar-refractivity contribution < 1.29 is 0 Å². The lowest BCUT2D eigenvalue weighted by molar-refractivity contribution is 1.29. The van der Waals surface area contributed by atoms with Gasteiger partial charge in [0.15, 0.2) is 0 Å². The first kappa shape index (κ1) is 18.0. The van der Waals surface area contributed by atoms with E-state index in [0.29, 0.717) is 0 Å². The SMILES string of the molecule is c1ccc(N(c2ccccc2)c2ccc3c([nH]c4ccccc43)c2-c2cccs2)cc1. The van der Waals surface area contributed by atoms with E-state index in [-0.39, 0.29) is 0 Å². The van der Waals surface area contributed by atoms with E-state index >= 15 is 0 Å². The number of nitrogens with zero attached hydrogens (tertiary/aromatic N) is 1. The maximum atomic E-state index is 3.71. The molecule has 0 spiro atoms. The molecule has 0 aliphatic rings. The highest BCUT2D eigenvalue weighted by Crippen LogP contribution is 2.46. The van der Waals surface area contributed by atoms with Crippen LogP contribution in [0.3, 0.4) is 0 Å². The van der Waals surface area contributed by atoms with Crippen molar-refractivity contribution in [1.82, 2.24) is 4.98 Å². The average molecular weight is 417 g/mol. The molecular weight excluding hydrogens is 396 g/mol. The first-order chi connectivity index (χ1) is 15.4. The van der Waals surface area contributed by atoms with Gasteiger partial charge in [0.1, 0.15) is 0 Å². The van der Waals surface area contributed by atoms with Gasteiger partial charge in [-0.15, -0.1) is 11.3 Å². The van der Waals surface area contributed by atoms with Crippen molar-refractivity contribution in [2.24, 2.45) is 0 Å². The van der Waals surface area contributed by atoms with E-state index in [1.54, 1.807) is 11.3 Å². The molecule has 2 heterocycles. The van der Waals surface area contributed by atoms with E-state index in [0.717, 1.165) is 11.4 Å². The van der Waals surface area contributed by atoms with Crippen LogP contribution in [-0.4, -0.2) is 4.98 Å². The Morgan fingerprint density at radius 1 is 0.581 bits per heavy atom. The second kappa shape index (κ2) is 7.46. The van der Waals surface area contributed by atoms with Crippen LogP contribution in [0.5, 0.6) is 0 Å². The molecule has 0 unspecified atom stereocenters. The van der Waals surface area contributed by atoms with Gasteiger partial charge in [-0.1, -0.05) is 66.7 Å². The number of anilines is 3. The van der Waals surface area contributed by atoms with Gasteiger partial charge < -0.3 is 9.88 Å². The maximum Gasteiger partial charge on any atom is 0.0574 e. The molecule has 148 valence electrons. The smallest absolute Gasteiger partial charge is 0.0574 e. The van der Waals surface area contributed by atoms with Gasteiger partial charge in [-0.2, -0.15) is 0 Å². The van der Waals surface area contributed by atoms with Crippen molar-refractivity contribution >= 4 is 50.2 Å². The summed E-state index contributed by atoms with van der Waals surface area (Å²) in [6.07, 6.45) is 0. The standard InChI is InChI=1S/C28H20N2S/c1-3-10-20(11-4-1)30(21-12-5-2-6-13-21)25-18-17-23-22-14-7-8-15-24(22)29-28(23)27(25)26-16-9-19-31-26/h1-19,29H. The van der Waals surface area contributed by atoms with Crippen molar-refractivity contribution in [2.75, 3.05) is 4.90 Å². The quantitative estimate of drug-likeness (QED) is 0.305. The number of H-pyrrole nitrogens is 1. The molecule has 0 saturated heterocycles. The number of para-hydroxylation sites is 3. The van der Waals surface area contributed by atoms with Gasteiger partial charge in [0.2, 0.25) is 0 Å². The van der Waals surface area contributed by atoms with E-state index in [4.69, 9.17) is 0 Å². The van der Waals surface area contributed by atoms with Crippen LogP contribution in [0, 0.1) is 0 Å². The van der Waals surface area contributed by atoms with Crippen LogP contribution >= 0.6 is 11.3 Å². The summed E-state index contributed by atoms with van der Waals surface area (Å²) in [5.41, 5.74) is 7.02. The van der Waals surface area contributed by atoms with Crippen LogP contribution in [0.4, 0.5) is 17.1 Å². The van der Waals surface area contributed by atoms with Crippen molar-refractivity contribution in [2.45, 2.75) is 0 Å². The number of aromatic nitrogens is 1. The molecule has 0 radical (unpaired) electrons. The zero-order valence-electron chi connectivity index (χ0n) is 16.8. The lowest BCUT2D eigenvalue weighted by Gasteiger charge is -2.27. The summed E-state index contributed by atoms with van der Waals surface area (Å²) in [6, 6.07) is 38.6. The van der Waals surface area contributed by atoms with Gasteiger partial charge >= 0.3 is 0 Å². The molecule has 2 nitrogen and oxygen atoms in total. The van der Waals surface area contributed by atoms with E-state index in [1.807, 2.05) is 0 Å². The molecule has 6 rings (SSSR count). The minimum Gasteiger partial charge on any atom is -0.354 e. The molecular formula is C28H20N2S. The Kier molecular flexibility index (Phi) is 4.33. The highest BCUT2D eigenvalue weighted by Gasteiger charge is 2.21. The van der Waals surface area contributed by atoms with Crippen LogP contribution in [0.25, 0.3) is 32.2 Å². The molecule has 6 aromatic rings. The first-order valence-corrected chi connectivity index (χ1v) is 11.3. The van der Waals surface area contributed by atoms with Gasteiger partial charge in [0.05, 0.1) is 11.2 Å². The normalized spacial score (nSPS) is 11.2. The highest BCUT2D eigenvalue weighted by molar-refractivity contribution is 7.13. The Bertz CT molecular complexity index is 1430. The molecule has 0 fully saturated rings. The first-order valence-electron chi connectivity index (χ1n) is 10.4. The third-order valence-corrected chi connectivity index (χ3v) is 6.58. The summed E-state index contributed by atoms with van der Waals surface area (Å²) in [5.74, 6) is 0. The molecule has 1 N–H and O–H groups in total. The largest absolute Gasteiger partial charge is 0.354 e. The fraction of sp³-hybridized carbons (Fsp3) is 0. The Balaban J connectivity index is 1.71. The number of hydrogen-bond acceptors (Lipinski definition) is 2. The summed E-state index contributed by atoms with van der Waals surface area (Å²) in [7, 11) is 0. The van der Waals surface area contributed by atoms with Crippen LogP contribution in [0.1, 0.15) is 0 Å². The molecule has 4 aromatic carbocycles.